The molecule has 1 atom stereocenters. The van der Waals surface area contributed by atoms with Crippen molar-refractivity contribution in [2.75, 3.05) is 44.7 Å². The monoisotopic (exact) mass is 531 g/mol. The average Bonchev–Trinajstić information content (AvgIpc) is 3.25. The lowest BCUT2D eigenvalue weighted by molar-refractivity contribution is 0.0909. The molecule has 4 N–H and O–H groups in total. The number of aromatic nitrogens is 3. The highest BCUT2D eigenvalue weighted by Gasteiger charge is 2.32. The van der Waals surface area contributed by atoms with E-state index in [2.05, 4.69) is 76.4 Å². The summed E-state index contributed by atoms with van der Waals surface area (Å²) in [4.78, 5) is 14.2. The molecule has 1 fully saturated rings. The molecule has 202 valence electrons. The van der Waals surface area contributed by atoms with Crippen LogP contribution < -0.4 is 16.4 Å². The molecule has 5 rings (SSSR count). The number of rotatable bonds is 8. The fourth-order valence-electron chi connectivity index (χ4n) is 5.21. The summed E-state index contributed by atoms with van der Waals surface area (Å²) in [7, 11) is 0.987. The van der Waals surface area contributed by atoms with E-state index in [0.29, 0.717) is 13.2 Å². The fraction of sp³-hybridized carbons (Fsp3) is 0.448. The fourth-order valence-corrected chi connectivity index (χ4v) is 5.96. The van der Waals surface area contributed by atoms with Crippen LogP contribution in [0, 0.1) is 0 Å². The van der Waals surface area contributed by atoms with E-state index in [9.17, 15) is 0 Å². The Kier molecular flexibility index (Phi) is 7.46. The Morgan fingerprint density at radius 3 is 2.47 bits per heavy atom. The van der Waals surface area contributed by atoms with Crippen LogP contribution in [0.2, 0.25) is 25.7 Å². The number of likely N-dealkylation sites (N-methyl/N-ethyl adjacent to an activating group) is 1. The third kappa shape index (κ3) is 5.71. The zero-order valence-electron chi connectivity index (χ0n) is 23.2. The number of hydrogen-bond donors (Lipinski definition) is 2. The first-order valence-corrected chi connectivity index (χ1v) is 17.2. The van der Waals surface area contributed by atoms with Crippen LogP contribution in [-0.2, 0) is 17.0 Å². The van der Waals surface area contributed by atoms with Crippen molar-refractivity contribution >= 4 is 24.8 Å². The van der Waals surface area contributed by atoms with E-state index in [1.54, 1.807) is 6.33 Å². The highest BCUT2D eigenvalue weighted by atomic mass is 28.3. The van der Waals surface area contributed by atoms with Gasteiger partial charge in [0.2, 0.25) is 0 Å². The Hall–Kier alpha value is -2.98. The first-order chi connectivity index (χ1) is 18.1. The van der Waals surface area contributed by atoms with Gasteiger partial charge < -0.3 is 30.6 Å². The molecular weight excluding hydrogens is 490 g/mol. The Bertz CT molecular complexity index is 1330. The molecule has 1 unspecified atom stereocenters. The summed E-state index contributed by atoms with van der Waals surface area (Å²) in [6.07, 6.45) is 7.92. The second-order valence-corrected chi connectivity index (χ2v) is 17.5. The lowest BCUT2D eigenvalue weighted by Gasteiger charge is -2.34. The molecule has 1 aromatic carbocycles. The van der Waals surface area contributed by atoms with Gasteiger partial charge in [-0.15, -0.1) is 0 Å². The molecule has 3 aromatic rings. The van der Waals surface area contributed by atoms with E-state index in [4.69, 9.17) is 21.2 Å². The maximum absolute atomic E-state index is 6.87. The van der Waals surface area contributed by atoms with E-state index in [0.717, 1.165) is 72.5 Å². The highest BCUT2D eigenvalue weighted by Crippen LogP contribution is 2.36. The van der Waals surface area contributed by atoms with Crippen LogP contribution >= 0.6 is 0 Å². The third-order valence-corrected chi connectivity index (χ3v) is 9.28. The first-order valence-electron chi connectivity index (χ1n) is 13.5. The van der Waals surface area contributed by atoms with Crippen molar-refractivity contribution in [3.63, 3.8) is 0 Å². The molecule has 1 aliphatic carbocycles. The molecule has 2 aliphatic rings. The molecule has 0 saturated carbocycles. The number of benzene rings is 1. The van der Waals surface area contributed by atoms with Gasteiger partial charge >= 0.3 is 0 Å². The maximum atomic E-state index is 6.87. The van der Waals surface area contributed by atoms with Crippen molar-refractivity contribution in [3.05, 3.63) is 66.3 Å². The molecule has 3 heterocycles. The number of piperazine rings is 1. The van der Waals surface area contributed by atoms with Crippen LogP contribution in [0.3, 0.4) is 0 Å². The van der Waals surface area contributed by atoms with Gasteiger partial charge in [0.25, 0.3) is 0 Å². The highest BCUT2D eigenvalue weighted by molar-refractivity contribution is 6.76. The van der Waals surface area contributed by atoms with Crippen LogP contribution in [0.1, 0.15) is 12.1 Å². The summed E-state index contributed by atoms with van der Waals surface area (Å²) in [5.74, 6) is 0. The molecule has 2 aromatic heterocycles. The SMILES string of the molecule is CN1CCN(c2ccc(-c3cc4c(C5(N)C=CC=C(N)C5)ncnc4n3COCC[Si](C)(C)C)cc2)CC1. The van der Waals surface area contributed by atoms with Crippen LogP contribution in [0.15, 0.2) is 60.6 Å². The van der Waals surface area contributed by atoms with Crippen molar-refractivity contribution in [2.45, 2.75) is 44.4 Å². The standard InChI is InChI=1S/C29H41N7OSi/c1-34-12-14-35(15-13-34)24-9-7-22(8-10-24)26-18-25-27(29(31)11-5-6-23(30)19-29)32-20-33-28(25)36(26)21-37-16-17-38(2,3)4/h5-11,18,20H,12-17,19,21,30-31H2,1-4H3. The predicted octanol–water partition coefficient (Wildman–Crippen LogP) is 4.12. The van der Waals surface area contributed by atoms with E-state index >= 15 is 0 Å². The summed E-state index contributed by atoms with van der Waals surface area (Å²) in [5, 5.41) is 0.932. The van der Waals surface area contributed by atoms with Gasteiger partial charge in [0.1, 0.15) is 18.7 Å². The second kappa shape index (κ2) is 10.6. The van der Waals surface area contributed by atoms with E-state index in [1.165, 1.54) is 5.69 Å². The Morgan fingerprint density at radius 1 is 1.05 bits per heavy atom. The molecule has 8 nitrogen and oxygen atoms in total. The van der Waals surface area contributed by atoms with Gasteiger partial charge in [-0.05, 0) is 42.9 Å². The first kappa shape index (κ1) is 26.6. The molecule has 0 amide bonds. The van der Waals surface area contributed by atoms with Crippen LogP contribution in [0.4, 0.5) is 5.69 Å². The van der Waals surface area contributed by atoms with Gasteiger partial charge in [-0.25, -0.2) is 9.97 Å². The van der Waals surface area contributed by atoms with Gasteiger partial charge in [-0.1, -0.05) is 43.9 Å². The van der Waals surface area contributed by atoms with E-state index in [1.807, 2.05) is 18.2 Å². The van der Waals surface area contributed by atoms with Gasteiger partial charge in [-0.3, -0.25) is 0 Å². The average molecular weight is 532 g/mol. The lowest BCUT2D eigenvalue weighted by Crippen LogP contribution is -2.44. The summed E-state index contributed by atoms with van der Waals surface area (Å²) in [6, 6.07) is 12.1. The third-order valence-electron chi connectivity index (χ3n) is 7.58. The molecule has 9 heteroatoms. The second-order valence-electron chi connectivity index (χ2n) is 11.9. The molecule has 38 heavy (non-hydrogen) atoms. The van der Waals surface area contributed by atoms with Crippen molar-refractivity contribution in [1.82, 2.24) is 19.4 Å². The largest absolute Gasteiger partial charge is 0.402 e. The lowest BCUT2D eigenvalue weighted by atomic mass is 9.86. The van der Waals surface area contributed by atoms with E-state index < -0.39 is 13.6 Å². The van der Waals surface area contributed by atoms with Gasteiger partial charge in [0.05, 0.1) is 16.9 Å². The van der Waals surface area contributed by atoms with Crippen molar-refractivity contribution < 1.29 is 4.74 Å². The zero-order chi connectivity index (χ0) is 26.9. The minimum atomic E-state index is -1.19. The Balaban J connectivity index is 1.51. The number of anilines is 1. The molecule has 1 aliphatic heterocycles. The normalized spacial score (nSPS) is 20.8. The zero-order valence-corrected chi connectivity index (χ0v) is 24.2. The summed E-state index contributed by atoms with van der Waals surface area (Å²) in [6.45, 7) is 12.5. The number of hydrogen-bond acceptors (Lipinski definition) is 7. The van der Waals surface area contributed by atoms with E-state index in [-0.39, 0.29) is 0 Å². The van der Waals surface area contributed by atoms with Gasteiger partial charge in [-0.2, -0.15) is 0 Å². The topological polar surface area (TPSA) is 98.5 Å². The minimum absolute atomic E-state index is 0.426. The summed E-state index contributed by atoms with van der Waals surface area (Å²) in [5.41, 5.74) is 18.0. The predicted molar refractivity (Wildman–Crippen MR) is 159 cm³/mol. The van der Waals surface area contributed by atoms with Crippen LogP contribution in [0.25, 0.3) is 22.3 Å². The minimum Gasteiger partial charge on any atom is -0.402 e. The maximum Gasteiger partial charge on any atom is 0.146 e. The molecule has 0 spiro atoms. The Labute approximate surface area is 227 Å². The number of allylic oxidation sites excluding steroid dienone is 2. The number of nitrogens with zero attached hydrogens (tertiary/aromatic N) is 5. The van der Waals surface area contributed by atoms with Crippen LogP contribution in [0.5, 0.6) is 0 Å². The quantitative estimate of drug-likeness (QED) is 0.333. The molecular formula is C29H41N7OSi. The summed E-state index contributed by atoms with van der Waals surface area (Å²) < 4.78 is 8.39. The van der Waals surface area contributed by atoms with Crippen LogP contribution in [-0.4, -0.2) is 67.3 Å². The molecule has 0 bridgehead atoms. The Morgan fingerprint density at radius 2 is 1.79 bits per heavy atom. The number of nitrogens with two attached hydrogens (primary N) is 2. The van der Waals surface area contributed by atoms with Crippen molar-refractivity contribution in [3.8, 4) is 11.3 Å². The summed E-state index contributed by atoms with van der Waals surface area (Å²) >= 11 is 0. The molecule has 0 radical (unpaired) electrons. The van der Waals surface area contributed by atoms with Gasteiger partial charge in [0, 0.05) is 64.1 Å². The number of ether oxygens (including phenoxy) is 1. The smallest absolute Gasteiger partial charge is 0.146 e. The van der Waals surface area contributed by atoms with Crippen molar-refractivity contribution in [1.29, 1.82) is 0 Å². The van der Waals surface area contributed by atoms with Gasteiger partial charge in [0.15, 0.2) is 0 Å². The molecule has 1 saturated heterocycles. The number of fused-ring (bicyclic) bond motifs is 1. The van der Waals surface area contributed by atoms with Crippen molar-refractivity contribution in [2.24, 2.45) is 11.5 Å².